The smallest absolute Gasteiger partial charge is 0.270 e. The highest BCUT2D eigenvalue weighted by molar-refractivity contribution is 7.17. The molecule has 1 aromatic carbocycles. The monoisotopic (exact) mass is 397 g/mol. The third-order valence-electron chi connectivity index (χ3n) is 5.23. The Morgan fingerprint density at radius 1 is 1.07 bits per heavy atom. The zero-order valence-corrected chi connectivity index (χ0v) is 16.9. The second kappa shape index (κ2) is 7.67. The molecule has 0 unspecified atom stereocenters. The van der Waals surface area contributed by atoms with Crippen LogP contribution >= 0.6 is 11.3 Å². The van der Waals surface area contributed by atoms with Gasteiger partial charge in [0.15, 0.2) is 0 Å². The van der Waals surface area contributed by atoms with Crippen molar-refractivity contribution in [2.75, 3.05) is 33.3 Å². The van der Waals surface area contributed by atoms with Crippen LogP contribution in [0.4, 0.5) is 0 Å². The molecule has 4 rings (SSSR count). The third-order valence-corrected chi connectivity index (χ3v) is 6.08. The largest absolute Gasteiger partial charge is 0.497 e. The van der Waals surface area contributed by atoms with Crippen LogP contribution in [0, 0.1) is 0 Å². The number of amides is 2. The van der Waals surface area contributed by atoms with Crippen LogP contribution in [0.3, 0.4) is 0 Å². The van der Waals surface area contributed by atoms with Crippen molar-refractivity contribution >= 4 is 33.4 Å². The van der Waals surface area contributed by atoms with E-state index in [1.54, 1.807) is 30.3 Å². The summed E-state index contributed by atoms with van der Waals surface area (Å²) in [6.45, 7) is 4.49. The van der Waals surface area contributed by atoms with Crippen LogP contribution in [-0.4, -0.2) is 59.5 Å². The van der Waals surface area contributed by atoms with Crippen LogP contribution in [0.15, 0.2) is 41.8 Å². The lowest BCUT2D eigenvalue weighted by Crippen LogP contribution is -2.50. The zero-order chi connectivity index (χ0) is 19.7. The second-order valence-electron chi connectivity index (χ2n) is 6.94. The van der Waals surface area contributed by atoms with Crippen molar-refractivity contribution in [1.29, 1.82) is 0 Å². The summed E-state index contributed by atoms with van der Waals surface area (Å²) in [6, 6.07) is 12.0. The Labute approximate surface area is 167 Å². The molecule has 3 aromatic rings. The quantitative estimate of drug-likeness (QED) is 0.680. The number of rotatable bonds is 4. The molecule has 7 heteroatoms. The number of hydrogen-bond acceptors (Lipinski definition) is 4. The number of methoxy groups -OCH3 is 1. The molecule has 1 aliphatic rings. The normalized spacial score (nSPS) is 14.5. The molecular weight excluding hydrogens is 374 g/mol. The first-order chi connectivity index (χ1) is 13.6. The van der Waals surface area contributed by atoms with Gasteiger partial charge in [-0.2, -0.15) is 0 Å². The molecule has 0 N–H and O–H groups in total. The number of nitrogens with zero attached hydrogens (tertiary/aromatic N) is 3. The first kappa shape index (κ1) is 18.6. The highest BCUT2D eigenvalue weighted by atomic mass is 32.1. The lowest BCUT2D eigenvalue weighted by molar-refractivity contribution is -0.130. The van der Waals surface area contributed by atoms with E-state index < -0.39 is 0 Å². The molecule has 1 aliphatic heterocycles. The number of ether oxygens (including phenoxy) is 1. The van der Waals surface area contributed by atoms with E-state index in [0.717, 1.165) is 21.5 Å². The number of aromatic nitrogens is 1. The topological polar surface area (TPSA) is 54.8 Å². The molecule has 2 aromatic heterocycles. The van der Waals surface area contributed by atoms with Crippen molar-refractivity contribution in [2.24, 2.45) is 0 Å². The van der Waals surface area contributed by atoms with Crippen molar-refractivity contribution in [3.05, 3.63) is 53.0 Å². The Morgan fingerprint density at radius 3 is 2.54 bits per heavy atom. The summed E-state index contributed by atoms with van der Waals surface area (Å²) in [5.74, 6) is 0.892. The van der Waals surface area contributed by atoms with Crippen molar-refractivity contribution in [3.63, 3.8) is 0 Å². The molecule has 0 spiro atoms. The molecule has 1 fully saturated rings. The van der Waals surface area contributed by atoms with Gasteiger partial charge in [0.25, 0.3) is 5.91 Å². The molecule has 0 bridgehead atoms. The lowest BCUT2D eigenvalue weighted by atomic mass is 10.2. The number of hydrogen-bond donors (Lipinski definition) is 0. The second-order valence-corrected chi connectivity index (χ2v) is 7.88. The summed E-state index contributed by atoms with van der Waals surface area (Å²) in [5.41, 5.74) is 2.85. The predicted molar refractivity (Wildman–Crippen MR) is 110 cm³/mol. The van der Waals surface area contributed by atoms with Crippen molar-refractivity contribution in [1.82, 2.24) is 14.4 Å². The van der Waals surface area contributed by atoms with Crippen LogP contribution in [0.5, 0.6) is 5.75 Å². The Morgan fingerprint density at radius 2 is 1.82 bits per heavy atom. The maximum atomic E-state index is 13.3. The van der Waals surface area contributed by atoms with E-state index in [4.69, 9.17) is 4.74 Å². The van der Waals surface area contributed by atoms with Gasteiger partial charge < -0.3 is 19.1 Å². The molecule has 0 saturated carbocycles. The number of carbonyl (C=O) groups excluding carboxylic acids is 2. The summed E-state index contributed by atoms with van der Waals surface area (Å²) >= 11 is 1.64. The Hall–Kier alpha value is -2.80. The third kappa shape index (κ3) is 3.49. The van der Waals surface area contributed by atoms with Crippen molar-refractivity contribution < 1.29 is 14.3 Å². The summed E-state index contributed by atoms with van der Waals surface area (Å²) < 4.78 is 8.52. The first-order valence-electron chi connectivity index (χ1n) is 9.31. The van der Waals surface area contributed by atoms with E-state index >= 15 is 0 Å². The van der Waals surface area contributed by atoms with Crippen molar-refractivity contribution in [3.8, 4) is 5.75 Å². The highest BCUT2D eigenvalue weighted by Gasteiger charge is 2.26. The van der Waals surface area contributed by atoms with Crippen LogP contribution in [0.25, 0.3) is 10.2 Å². The number of piperazine rings is 1. The Bertz CT molecular complexity index is 1020. The van der Waals surface area contributed by atoms with Gasteiger partial charge in [-0.15, -0.1) is 11.3 Å². The summed E-state index contributed by atoms with van der Waals surface area (Å²) in [5, 5.41) is 2.05. The average molecular weight is 398 g/mol. The minimum Gasteiger partial charge on any atom is -0.497 e. The van der Waals surface area contributed by atoms with Crippen LogP contribution < -0.4 is 4.74 Å². The van der Waals surface area contributed by atoms with Gasteiger partial charge in [0.05, 0.1) is 17.3 Å². The van der Waals surface area contributed by atoms with Gasteiger partial charge in [0, 0.05) is 39.6 Å². The molecule has 6 nitrogen and oxygen atoms in total. The average Bonchev–Trinajstić information content (AvgIpc) is 3.30. The van der Waals surface area contributed by atoms with E-state index in [2.05, 4.69) is 10.6 Å². The van der Waals surface area contributed by atoms with E-state index in [9.17, 15) is 9.59 Å². The molecule has 28 heavy (non-hydrogen) atoms. The summed E-state index contributed by atoms with van der Waals surface area (Å²) in [6.07, 6.45) is 0. The fraction of sp³-hybridized carbons (Fsp3) is 0.333. The number of benzene rings is 1. The Kier molecular flexibility index (Phi) is 5.09. The molecular formula is C21H23N3O3S. The van der Waals surface area contributed by atoms with Gasteiger partial charge in [0.2, 0.25) is 5.91 Å². The van der Waals surface area contributed by atoms with Gasteiger partial charge in [0.1, 0.15) is 11.4 Å². The molecule has 0 radical (unpaired) electrons. The Balaban J connectivity index is 1.62. The number of fused-ring (bicyclic) bond motifs is 1. The number of thiophene rings is 1. The van der Waals surface area contributed by atoms with Crippen molar-refractivity contribution in [2.45, 2.75) is 13.5 Å². The standard InChI is InChI=1S/C21H23N3O3S/c1-15(25)22-7-9-23(10-8-22)21(26)19-13-20-18(6-11-28-20)24(19)14-16-4-3-5-17(12-16)27-2/h3-6,11-13H,7-10,14H2,1-2H3. The zero-order valence-electron chi connectivity index (χ0n) is 16.1. The van der Waals surface area contributed by atoms with E-state index in [1.165, 1.54) is 0 Å². The molecule has 1 saturated heterocycles. The lowest BCUT2D eigenvalue weighted by Gasteiger charge is -2.34. The molecule has 3 heterocycles. The fourth-order valence-corrected chi connectivity index (χ4v) is 4.49. The van der Waals surface area contributed by atoms with E-state index in [0.29, 0.717) is 38.4 Å². The predicted octanol–water partition coefficient (Wildman–Crippen LogP) is 3.06. The maximum Gasteiger partial charge on any atom is 0.270 e. The SMILES string of the molecule is COc1cccc(Cn2c(C(=O)N3CCN(C(C)=O)CC3)cc3sccc32)c1. The minimum absolute atomic E-state index is 0.0227. The van der Waals surface area contributed by atoms with Gasteiger partial charge in [-0.3, -0.25) is 9.59 Å². The van der Waals surface area contributed by atoms with Crippen LogP contribution in [0.2, 0.25) is 0 Å². The van der Waals surface area contributed by atoms with Gasteiger partial charge in [-0.05, 0) is 35.2 Å². The summed E-state index contributed by atoms with van der Waals surface area (Å²) in [7, 11) is 1.65. The van der Waals surface area contributed by atoms with Crippen LogP contribution in [0.1, 0.15) is 23.0 Å². The van der Waals surface area contributed by atoms with Gasteiger partial charge in [-0.25, -0.2) is 0 Å². The molecule has 2 amide bonds. The summed E-state index contributed by atoms with van der Waals surface area (Å²) in [4.78, 5) is 28.4. The van der Waals surface area contributed by atoms with E-state index in [-0.39, 0.29) is 11.8 Å². The van der Waals surface area contributed by atoms with E-state index in [1.807, 2.05) is 40.6 Å². The maximum absolute atomic E-state index is 13.3. The first-order valence-corrected chi connectivity index (χ1v) is 10.2. The molecule has 0 atom stereocenters. The minimum atomic E-state index is 0.0227. The van der Waals surface area contributed by atoms with Gasteiger partial charge >= 0.3 is 0 Å². The highest BCUT2D eigenvalue weighted by Crippen LogP contribution is 2.28. The molecule has 0 aliphatic carbocycles. The molecule has 146 valence electrons. The van der Waals surface area contributed by atoms with Gasteiger partial charge in [-0.1, -0.05) is 12.1 Å². The fourth-order valence-electron chi connectivity index (χ4n) is 3.66. The number of carbonyl (C=O) groups is 2. The van der Waals surface area contributed by atoms with Crippen LogP contribution in [-0.2, 0) is 11.3 Å².